The van der Waals surface area contributed by atoms with Gasteiger partial charge in [0.25, 0.3) is 0 Å². The number of benzene rings is 1. The maximum Gasteiger partial charge on any atom is 0.355 e. The number of hydrogen-bond donors (Lipinski definition) is 2. The van der Waals surface area contributed by atoms with E-state index in [2.05, 4.69) is 29.4 Å². The lowest BCUT2D eigenvalue weighted by Crippen LogP contribution is -2.16. The maximum absolute atomic E-state index is 10.7. The Kier molecular flexibility index (Phi) is 4.52. The molecule has 2 aromatic rings. The summed E-state index contributed by atoms with van der Waals surface area (Å²) < 4.78 is 0. The van der Waals surface area contributed by atoms with Crippen LogP contribution in [-0.2, 0) is 6.42 Å². The van der Waals surface area contributed by atoms with Crippen molar-refractivity contribution in [2.75, 3.05) is 5.32 Å². The van der Waals surface area contributed by atoms with E-state index in [0.29, 0.717) is 5.13 Å². The molecule has 0 aliphatic rings. The van der Waals surface area contributed by atoms with Crippen molar-refractivity contribution in [2.24, 2.45) is 0 Å². The summed E-state index contributed by atoms with van der Waals surface area (Å²) in [5.74, 6) is -0.985. The van der Waals surface area contributed by atoms with Crippen molar-refractivity contribution in [3.63, 3.8) is 0 Å². The van der Waals surface area contributed by atoms with Gasteiger partial charge < -0.3 is 10.4 Å². The Labute approximate surface area is 116 Å². The molecule has 100 valence electrons. The van der Waals surface area contributed by atoms with Crippen molar-refractivity contribution in [1.82, 2.24) is 4.98 Å². The number of hydrogen-bond acceptors (Lipinski definition) is 4. The summed E-state index contributed by atoms with van der Waals surface area (Å²) in [6.45, 7) is 2.07. The molecule has 19 heavy (non-hydrogen) atoms. The predicted octanol–water partition coefficient (Wildman–Crippen LogP) is 3.27. The van der Waals surface area contributed by atoms with Gasteiger partial charge in [0.05, 0.1) is 0 Å². The van der Waals surface area contributed by atoms with E-state index in [4.69, 9.17) is 5.11 Å². The summed E-state index contributed by atoms with van der Waals surface area (Å²) >= 11 is 1.32. The van der Waals surface area contributed by atoms with Crippen molar-refractivity contribution in [3.05, 3.63) is 47.0 Å². The van der Waals surface area contributed by atoms with Gasteiger partial charge in [0, 0.05) is 11.4 Å². The fourth-order valence-electron chi connectivity index (χ4n) is 1.75. The average Bonchev–Trinajstić information content (AvgIpc) is 2.86. The van der Waals surface area contributed by atoms with Gasteiger partial charge in [-0.05, 0) is 25.3 Å². The van der Waals surface area contributed by atoms with E-state index in [9.17, 15) is 4.79 Å². The van der Waals surface area contributed by atoms with Crippen LogP contribution >= 0.6 is 11.3 Å². The molecule has 0 bridgehead atoms. The van der Waals surface area contributed by atoms with E-state index in [1.165, 1.54) is 16.9 Å². The second-order valence-corrected chi connectivity index (χ2v) is 5.27. The summed E-state index contributed by atoms with van der Waals surface area (Å²) in [6, 6.07) is 10.6. The van der Waals surface area contributed by atoms with Crippen LogP contribution in [0.25, 0.3) is 0 Å². The fraction of sp³-hybridized carbons (Fsp3) is 0.286. The topological polar surface area (TPSA) is 62.2 Å². The molecule has 0 saturated carbocycles. The molecule has 0 aliphatic heterocycles. The molecule has 1 heterocycles. The number of rotatable bonds is 6. The molecule has 2 rings (SSSR count). The van der Waals surface area contributed by atoms with E-state index in [-0.39, 0.29) is 11.7 Å². The van der Waals surface area contributed by atoms with Crippen LogP contribution in [0.3, 0.4) is 0 Å². The molecule has 0 aliphatic carbocycles. The molecule has 1 aromatic carbocycles. The van der Waals surface area contributed by atoms with Crippen LogP contribution in [0.2, 0.25) is 0 Å². The molecule has 1 aromatic heterocycles. The average molecular weight is 276 g/mol. The number of aromatic carboxylic acids is 1. The van der Waals surface area contributed by atoms with Crippen LogP contribution in [0, 0.1) is 0 Å². The molecule has 0 saturated heterocycles. The zero-order valence-electron chi connectivity index (χ0n) is 10.7. The number of anilines is 1. The minimum atomic E-state index is -0.985. The predicted molar refractivity (Wildman–Crippen MR) is 76.9 cm³/mol. The van der Waals surface area contributed by atoms with Crippen molar-refractivity contribution < 1.29 is 9.90 Å². The highest BCUT2D eigenvalue weighted by molar-refractivity contribution is 7.13. The van der Waals surface area contributed by atoms with E-state index in [1.807, 2.05) is 18.2 Å². The number of aryl methyl sites for hydroxylation is 1. The third-order valence-corrected chi connectivity index (χ3v) is 3.58. The van der Waals surface area contributed by atoms with Crippen molar-refractivity contribution >= 4 is 22.4 Å². The van der Waals surface area contributed by atoms with Gasteiger partial charge in [-0.1, -0.05) is 30.3 Å². The first-order valence-corrected chi connectivity index (χ1v) is 7.02. The smallest absolute Gasteiger partial charge is 0.355 e. The van der Waals surface area contributed by atoms with Crippen molar-refractivity contribution in [2.45, 2.75) is 25.8 Å². The van der Waals surface area contributed by atoms with Gasteiger partial charge in [0.1, 0.15) is 0 Å². The van der Waals surface area contributed by atoms with Gasteiger partial charge in [-0.15, -0.1) is 11.3 Å². The minimum Gasteiger partial charge on any atom is -0.476 e. The molecule has 1 atom stereocenters. The summed E-state index contributed by atoms with van der Waals surface area (Å²) in [4.78, 5) is 14.7. The SMILES string of the molecule is CC(CCc1ccccc1)Nc1nc(C(=O)O)cs1. The summed E-state index contributed by atoms with van der Waals surface area (Å²) in [5.41, 5.74) is 1.41. The Hall–Kier alpha value is -1.88. The molecule has 4 nitrogen and oxygen atoms in total. The number of carboxylic acids is 1. The van der Waals surface area contributed by atoms with Gasteiger partial charge in [0.2, 0.25) is 0 Å². The second-order valence-electron chi connectivity index (χ2n) is 4.41. The van der Waals surface area contributed by atoms with Crippen LogP contribution in [0.1, 0.15) is 29.4 Å². The highest BCUT2D eigenvalue weighted by atomic mass is 32.1. The lowest BCUT2D eigenvalue weighted by atomic mass is 10.1. The normalized spacial score (nSPS) is 12.1. The molecular weight excluding hydrogens is 260 g/mol. The zero-order chi connectivity index (χ0) is 13.7. The standard InChI is InChI=1S/C14H16N2O2S/c1-10(7-8-11-5-3-2-4-6-11)15-14-16-12(9-19-14)13(17)18/h2-6,9-10H,7-8H2,1H3,(H,15,16)(H,17,18). The largest absolute Gasteiger partial charge is 0.476 e. The van der Waals surface area contributed by atoms with Crippen LogP contribution in [0.5, 0.6) is 0 Å². The molecule has 0 radical (unpaired) electrons. The molecule has 0 spiro atoms. The second kappa shape index (κ2) is 6.33. The molecule has 0 amide bonds. The first-order chi connectivity index (χ1) is 9.15. The van der Waals surface area contributed by atoms with Crippen LogP contribution in [0.15, 0.2) is 35.7 Å². The number of thiazole rings is 1. The first-order valence-electron chi connectivity index (χ1n) is 6.14. The third kappa shape index (κ3) is 4.06. The monoisotopic (exact) mass is 276 g/mol. The Morgan fingerprint density at radius 3 is 2.79 bits per heavy atom. The van der Waals surface area contributed by atoms with Gasteiger partial charge in [0.15, 0.2) is 10.8 Å². The Bertz CT molecular complexity index is 539. The summed E-state index contributed by atoms with van der Waals surface area (Å²) in [7, 11) is 0. The number of nitrogens with zero attached hydrogens (tertiary/aromatic N) is 1. The van der Waals surface area contributed by atoms with E-state index in [1.54, 1.807) is 5.38 Å². The molecular formula is C14H16N2O2S. The number of aromatic nitrogens is 1. The third-order valence-electron chi connectivity index (χ3n) is 2.80. The minimum absolute atomic E-state index is 0.0998. The van der Waals surface area contributed by atoms with Crippen LogP contribution in [0.4, 0.5) is 5.13 Å². The van der Waals surface area contributed by atoms with Gasteiger partial charge >= 0.3 is 5.97 Å². The van der Waals surface area contributed by atoms with Crippen LogP contribution < -0.4 is 5.32 Å². The lowest BCUT2D eigenvalue weighted by Gasteiger charge is -2.12. The van der Waals surface area contributed by atoms with Gasteiger partial charge in [-0.3, -0.25) is 0 Å². The van der Waals surface area contributed by atoms with E-state index >= 15 is 0 Å². The van der Waals surface area contributed by atoms with Crippen molar-refractivity contribution in [1.29, 1.82) is 0 Å². The highest BCUT2D eigenvalue weighted by Crippen LogP contribution is 2.17. The summed E-state index contributed by atoms with van der Waals surface area (Å²) in [5, 5.41) is 14.2. The van der Waals surface area contributed by atoms with E-state index < -0.39 is 5.97 Å². The number of carbonyl (C=O) groups is 1. The highest BCUT2D eigenvalue weighted by Gasteiger charge is 2.10. The Morgan fingerprint density at radius 2 is 2.16 bits per heavy atom. The molecule has 5 heteroatoms. The maximum atomic E-state index is 10.7. The first kappa shape index (κ1) is 13.5. The molecule has 2 N–H and O–H groups in total. The molecule has 1 unspecified atom stereocenters. The van der Waals surface area contributed by atoms with Gasteiger partial charge in [-0.2, -0.15) is 0 Å². The lowest BCUT2D eigenvalue weighted by molar-refractivity contribution is 0.0691. The zero-order valence-corrected chi connectivity index (χ0v) is 11.5. The number of carboxylic acid groups (broad SMARTS) is 1. The summed E-state index contributed by atoms with van der Waals surface area (Å²) in [6.07, 6.45) is 1.97. The number of nitrogens with one attached hydrogen (secondary N) is 1. The Morgan fingerprint density at radius 1 is 1.42 bits per heavy atom. The van der Waals surface area contributed by atoms with Crippen molar-refractivity contribution in [3.8, 4) is 0 Å². The van der Waals surface area contributed by atoms with Gasteiger partial charge in [-0.25, -0.2) is 9.78 Å². The fourth-order valence-corrected chi connectivity index (χ4v) is 2.55. The quantitative estimate of drug-likeness (QED) is 0.850. The van der Waals surface area contributed by atoms with Crippen LogP contribution in [-0.4, -0.2) is 22.1 Å². The van der Waals surface area contributed by atoms with E-state index in [0.717, 1.165) is 12.8 Å². The Balaban J connectivity index is 1.83. The molecule has 0 fully saturated rings.